The van der Waals surface area contributed by atoms with Gasteiger partial charge in [-0.05, 0) is 30.3 Å². The van der Waals surface area contributed by atoms with Crippen LogP contribution in [0.5, 0.6) is 0 Å². The summed E-state index contributed by atoms with van der Waals surface area (Å²) >= 11 is 5.66. The van der Waals surface area contributed by atoms with Gasteiger partial charge in [0.25, 0.3) is 11.5 Å². The maximum atomic E-state index is 12.6. The fourth-order valence-corrected chi connectivity index (χ4v) is 1.66. The molecule has 0 aliphatic rings. The Bertz CT molecular complexity index is 723. The Morgan fingerprint density at radius 1 is 1.19 bits per heavy atom. The number of halogens is 4. The standard InChI is InChI=1S/C13H8ClF3N2O2/c14-9-3-1-7(2-4-9)11(20)19-10-5-8(13(15,16)17)6-18-12(10)21/h1-6H,(H,18,21)(H,19,20). The molecule has 2 aromatic rings. The molecule has 2 rings (SSSR count). The molecule has 0 aliphatic heterocycles. The Balaban J connectivity index is 2.29. The first-order valence-corrected chi connectivity index (χ1v) is 6.02. The van der Waals surface area contributed by atoms with Crippen molar-refractivity contribution in [3.63, 3.8) is 0 Å². The minimum atomic E-state index is -4.62. The van der Waals surface area contributed by atoms with Crippen molar-refractivity contribution in [2.45, 2.75) is 6.18 Å². The molecular formula is C13H8ClF3N2O2. The normalized spacial score (nSPS) is 11.2. The zero-order chi connectivity index (χ0) is 15.6. The van der Waals surface area contributed by atoms with Gasteiger partial charge in [-0.1, -0.05) is 11.6 Å². The predicted octanol–water partition coefficient (Wildman–Crippen LogP) is 3.30. The van der Waals surface area contributed by atoms with E-state index < -0.39 is 28.9 Å². The van der Waals surface area contributed by atoms with Crippen LogP contribution in [0.1, 0.15) is 15.9 Å². The van der Waals surface area contributed by atoms with Crippen LogP contribution in [-0.4, -0.2) is 10.9 Å². The Hall–Kier alpha value is -2.28. The Labute approximate surface area is 121 Å². The van der Waals surface area contributed by atoms with Crippen LogP contribution in [0.15, 0.2) is 41.3 Å². The minimum absolute atomic E-state index is 0.163. The molecule has 4 nitrogen and oxygen atoms in total. The SMILES string of the molecule is O=C(Nc1cc(C(F)(F)F)c[nH]c1=O)c1ccc(Cl)cc1. The van der Waals surface area contributed by atoms with Crippen LogP contribution in [0.3, 0.4) is 0 Å². The van der Waals surface area contributed by atoms with Gasteiger partial charge in [-0.2, -0.15) is 13.2 Å². The molecule has 1 heterocycles. The van der Waals surface area contributed by atoms with E-state index in [-0.39, 0.29) is 5.56 Å². The van der Waals surface area contributed by atoms with Gasteiger partial charge in [-0.25, -0.2) is 0 Å². The second-order valence-electron chi connectivity index (χ2n) is 4.09. The third-order valence-electron chi connectivity index (χ3n) is 2.59. The monoisotopic (exact) mass is 316 g/mol. The van der Waals surface area contributed by atoms with Gasteiger partial charge in [0.05, 0.1) is 5.56 Å². The summed E-state index contributed by atoms with van der Waals surface area (Å²) < 4.78 is 37.7. The number of carbonyl (C=O) groups excluding carboxylic acids is 1. The summed E-state index contributed by atoms with van der Waals surface area (Å²) in [5.74, 6) is -0.712. The van der Waals surface area contributed by atoms with Crippen LogP contribution < -0.4 is 10.9 Å². The van der Waals surface area contributed by atoms with E-state index in [4.69, 9.17) is 11.6 Å². The first-order chi connectivity index (χ1) is 9.77. The predicted molar refractivity (Wildman–Crippen MR) is 71.5 cm³/mol. The summed E-state index contributed by atoms with van der Waals surface area (Å²) in [5, 5.41) is 2.54. The van der Waals surface area contributed by atoms with E-state index >= 15 is 0 Å². The number of alkyl halides is 3. The van der Waals surface area contributed by atoms with Gasteiger partial charge in [0.1, 0.15) is 5.69 Å². The van der Waals surface area contributed by atoms with Crippen molar-refractivity contribution in [3.8, 4) is 0 Å². The maximum absolute atomic E-state index is 12.6. The number of carbonyl (C=O) groups is 1. The molecule has 1 aromatic heterocycles. The number of pyridine rings is 1. The van der Waals surface area contributed by atoms with Crippen LogP contribution in [0.25, 0.3) is 0 Å². The largest absolute Gasteiger partial charge is 0.417 e. The lowest BCUT2D eigenvalue weighted by atomic mass is 10.2. The number of hydrogen-bond donors (Lipinski definition) is 2. The number of hydrogen-bond acceptors (Lipinski definition) is 2. The van der Waals surface area contributed by atoms with Crippen LogP contribution in [0.2, 0.25) is 5.02 Å². The first kappa shape index (κ1) is 15.1. The molecule has 0 saturated heterocycles. The fraction of sp³-hybridized carbons (Fsp3) is 0.0769. The highest BCUT2D eigenvalue weighted by Gasteiger charge is 2.31. The van der Waals surface area contributed by atoms with E-state index in [1.807, 2.05) is 4.98 Å². The van der Waals surface area contributed by atoms with Crippen molar-refractivity contribution < 1.29 is 18.0 Å². The van der Waals surface area contributed by atoms with Crippen LogP contribution >= 0.6 is 11.6 Å². The summed E-state index contributed by atoms with van der Waals surface area (Å²) in [5.41, 5.74) is -2.21. The summed E-state index contributed by atoms with van der Waals surface area (Å²) in [6.45, 7) is 0. The lowest BCUT2D eigenvalue weighted by Gasteiger charge is -2.09. The molecule has 0 fully saturated rings. The Morgan fingerprint density at radius 2 is 1.81 bits per heavy atom. The van der Waals surface area contributed by atoms with Crippen LogP contribution in [0.4, 0.5) is 18.9 Å². The third-order valence-corrected chi connectivity index (χ3v) is 2.84. The molecule has 110 valence electrons. The average molecular weight is 317 g/mol. The molecule has 0 atom stereocenters. The van der Waals surface area contributed by atoms with E-state index in [0.717, 1.165) is 0 Å². The second kappa shape index (κ2) is 5.61. The summed E-state index contributed by atoms with van der Waals surface area (Å²) in [4.78, 5) is 25.2. The van der Waals surface area contributed by atoms with Gasteiger partial charge in [-0.15, -0.1) is 0 Å². The molecule has 8 heteroatoms. The number of H-pyrrole nitrogens is 1. The number of benzene rings is 1. The second-order valence-corrected chi connectivity index (χ2v) is 4.53. The third kappa shape index (κ3) is 3.63. The fourth-order valence-electron chi connectivity index (χ4n) is 1.54. The molecule has 0 bridgehead atoms. The van der Waals surface area contributed by atoms with E-state index in [9.17, 15) is 22.8 Å². The number of rotatable bonds is 2. The zero-order valence-corrected chi connectivity index (χ0v) is 11.0. The van der Waals surface area contributed by atoms with Crippen molar-refractivity contribution in [3.05, 3.63) is 63.0 Å². The van der Waals surface area contributed by atoms with Crippen LogP contribution in [-0.2, 0) is 6.18 Å². The number of nitrogens with one attached hydrogen (secondary N) is 2. The molecule has 0 saturated carbocycles. The smallest absolute Gasteiger partial charge is 0.327 e. The molecular weight excluding hydrogens is 309 g/mol. The minimum Gasteiger partial charge on any atom is -0.327 e. The maximum Gasteiger partial charge on any atom is 0.417 e. The molecule has 0 unspecified atom stereocenters. The van der Waals surface area contributed by atoms with Gasteiger partial charge < -0.3 is 10.3 Å². The van der Waals surface area contributed by atoms with E-state index in [2.05, 4.69) is 5.32 Å². The summed E-state index contributed by atoms with van der Waals surface area (Å²) in [7, 11) is 0. The lowest BCUT2D eigenvalue weighted by molar-refractivity contribution is -0.137. The summed E-state index contributed by atoms with van der Waals surface area (Å²) in [6.07, 6.45) is -4.08. The first-order valence-electron chi connectivity index (χ1n) is 5.64. The molecule has 0 spiro atoms. The highest BCUT2D eigenvalue weighted by Crippen LogP contribution is 2.29. The number of aromatic amines is 1. The zero-order valence-electron chi connectivity index (χ0n) is 10.3. The summed E-state index contributed by atoms with van der Waals surface area (Å²) in [6, 6.07) is 6.26. The Morgan fingerprint density at radius 3 is 2.38 bits per heavy atom. The molecule has 2 N–H and O–H groups in total. The van der Waals surface area contributed by atoms with Gasteiger partial charge >= 0.3 is 6.18 Å². The van der Waals surface area contributed by atoms with E-state index in [1.165, 1.54) is 24.3 Å². The van der Waals surface area contributed by atoms with E-state index in [0.29, 0.717) is 17.3 Å². The Kier molecular flexibility index (Phi) is 4.04. The topological polar surface area (TPSA) is 62.0 Å². The van der Waals surface area contributed by atoms with Gasteiger partial charge in [-0.3, -0.25) is 9.59 Å². The lowest BCUT2D eigenvalue weighted by Crippen LogP contribution is -2.21. The van der Waals surface area contributed by atoms with Crippen molar-refractivity contribution in [1.82, 2.24) is 4.98 Å². The molecule has 1 amide bonds. The molecule has 21 heavy (non-hydrogen) atoms. The average Bonchev–Trinajstić information content (AvgIpc) is 2.40. The van der Waals surface area contributed by atoms with Crippen molar-refractivity contribution in [2.24, 2.45) is 0 Å². The van der Waals surface area contributed by atoms with Gasteiger partial charge in [0, 0.05) is 16.8 Å². The highest BCUT2D eigenvalue weighted by atomic mass is 35.5. The van der Waals surface area contributed by atoms with Crippen molar-refractivity contribution in [2.75, 3.05) is 5.32 Å². The molecule has 0 radical (unpaired) electrons. The van der Waals surface area contributed by atoms with Gasteiger partial charge in [0.15, 0.2) is 0 Å². The number of anilines is 1. The van der Waals surface area contributed by atoms with E-state index in [1.54, 1.807) is 0 Å². The molecule has 0 aliphatic carbocycles. The van der Waals surface area contributed by atoms with Gasteiger partial charge in [0.2, 0.25) is 0 Å². The molecule has 1 aromatic carbocycles. The van der Waals surface area contributed by atoms with Crippen molar-refractivity contribution >= 4 is 23.2 Å². The quantitative estimate of drug-likeness (QED) is 0.893. The number of aromatic nitrogens is 1. The highest BCUT2D eigenvalue weighted by molar-refractivity contribution is 6.30. The number of amides is 1. The van der Waals surface area contributed by atoms with Crippen molar-refractivity contribution in [1.29, 1.82) is 0 Å². The van der Waals surface area contributed by atoms with Crippen LogP contribution in [0, 0.1) is 0 Å².